The van der Waals surface area contributed by atoms with Gasteiger partial charge in [-0.3, -0.25) is 0 Å². The van der Waals surface area contributed by atoms with Crippen molar-refractivity contribution in [3.63, 3.8) is 0 Å². The summed E-state index contributed by atoms with van der Waals surface area (Å²) in [5.41, 5.74) is -0.677. The van der Waals surface area contributed by atoms with E-state index in [1.54, 1.807) is 20.8 Å². The average molecular weight is 256 g/mol. The van der Waals surface area contributed by atoms with Crippen LogP contribution in [0.5, 0.6) is 0 Å². The fourth-order valence-corrected chi connectivity index (χ4v) is 1.19. The number of carbonyl (C=O) groups excluding carboxylic acids is 1. The molecule has 0 spiro atoms. The molecule has 0 aliphatic carbocycles. The maximum Gasteiger partial charge on any atom is 0.407 e. The van der Waals surface area contributed by atoms with E-state index in [2.05, 4.69) is 11.9 Å². The zero-order valence-corrected chi connectivity index (χ0v) is 10.9. The minimum absolute atomic E-state index is 0.148. The highest BCUT2D eigenvalue weighted by atomic mass is 16.6. The van der Waals surface area contributed by atoms with Crippen molar-refractivity contribution in [1.82, 2.24) is 5.32 Å². The van der Waals surface area contributed by atoms with Crippen LogP contribution in [0, 0.1) is 11.3 Å². The molecule has 0 saturated heterocycles. The highest BCUT2D eigenvalue weighted by molar-refractivity contribution is 5.68. The second kappa shape index (κ2) is 6.99. The van der Waals surface area contributed by atoms with Gasteiger partial charge in [0.1, 0.15) is 11.7 Å². The van der Waals surface area contributed by atoms with Crippen LogP contribution in [-0.4, -0.2) is 40.2 Å². The van der Waals surface area contributed by atoms with Crippen molar-refractivity contribution >= 4 is 6.09 Å². The third-order valence-electron chi connectivity index (χ3n) is 2.02. The molecule has 6 nitrogen and oxygen atoms in total. The van der Waals surface area contributed by atoms with E-state index in [1.807, 2.05) is 6.07 Å². The number of nitrogens with zero attached hydrogens (tertiary/aromatic N) is 1. The van der Waals surface area contributed by atoms with Crippen LogP contribution >= 0.6 is 0 Å². The predicted molar refractivity (Wildman–Crippen MR) is 65.6 cm³/mol. The van der Waals surface area contributed by atoms with Crippen LogP contribution in [-0.2, 0) is 4.74 Å². The SMILES string of the molecule is C=C[C@@H](O)[C@@H](O)[C@H](CC#N)NC(=O)OC(C)(C)C. The third-order valence-corrected chi connectivity index (χ3v) is 2.02. The Kier molecular flexibility index (Phi) is 6.37. The molecule has 1 amide bonds. The van der Waals surface area contributed by atoms with Crippen LogP contribution in [0.25, 0.3) is 0 Å². The van der Waals surface area contributed by atoms with E-state index in [0.717, 1.165) is 6.08 Å². The zero-order chi connectivity index (χ0) is 14.3. The predicted octanol–water partition coefficient (Wildman–Crippen LogP) is 0.701. The van der Waals surface area contributed by atoms with Crippen LogP contribution in [0.3, 0.4) is 0 Å². The Balaban J connectivity index is 4.59. The number of ether oxygens (including phenoxy) is 1. The molecule has 0 unspecified atom stereocenters. The van der Waals surface area contributed by atoms with Crippen molar-refractivity contribution in [2.45, 2.75) is 51.0 Å². The first-order chi connectivity index (χ1) is 8.21. The molecule has 0 radical (unpaired) electrons. The Morgan fingerprint density at radius 2 is 2.11 bits per heavy atom. The summed E-state index contributed by atoms with van der Waals surface area (Å²) in [6.07, 6.45) is -2.30. The minimum Gasteiger partial charge on any atom is -0.444 e. The number of rotatable bonds is 5. The Bertz CT molecular complexity index is 330. The number of amides is 1. The van der Waals surface area contributed by atoms with Gasteiger partial charge < -0.3 is 20.3 Å². The van der Waals surface area contributed by atoms with E-state index in [1.165, 1.54) is 0 Å². The van der Waals surface area contributed by atoms with Crippen LogP contribution < -0.4 is 5.32 Å². The average Bonchev–Trinajstić information content (AvgIpc) is 2.23. The van der Waals surface area contributed by atoms with Crippen molar-refractivity contribution in [3.05, 3.63) is 12.7 Å². The molecular weight excluding hydrogens is 236 g/mol. The molecular formula is C12H20N2O4. The van der Waals surface area contributed by atoms with Gasteiger partial charge >= 0.3 is 6.09 Å². The van der Waals surface area contributed by atoms with Gasteiger partial charge in [0.15, 0.2) is 0 Å². The fraction of sp³-hybridized carbons (Fsp3) is 0.667. The Morgan fingerprint density at radius 3 is 2.50 bits per heavy atom. The topological polar surface area (TPSA) is 103 Å². The summed E-state index contributed by atoms with van der Waals surface area (Å²) in [5.74, 6) is 0. The number of aliphatic hydroxyl groups is 2. The monoisotopic (exact) mass is 256 g/mol. The molecule has 0 aromatic carbocycles. The Labute approximate surface area is 107 Å². The van der Waals surface area contributed by atoms with Gasteiger partial charge in [0.25, 0.3) is 0 Å². The van der Waals surface area contributed by atoms with Gasteiger partial charge in [-0.2, -0.15) is 5.26 Å². The number of aliphatic hydroxyl groups excluding tert-OH is 2. The molecule has 0 aliphatic rings. The van der Waals surface area contributed by atoms with E-state index >= 15 is 0 Å². The number of nitriles is 1. The quantitative estimate of drug-likeness (QED) is 0.628. The standard InChI is InChI=1S/C12H20N2O4/c1-5-9(15)10(16)8(6-7-13)14-11(17)18-12(2,3)4/h5,8-10,15-16H,1,6H2,2-4H3,(H,14,17)/t8-,9+,10-/m0/s1. The lowest BCUT2D eigenvalue weighted by Crippen LogP contribution is -2.49. The number of hydrogen-bond donors (Lipinski definition) is 3. The first-order valence-corrected chi connectivity index (χ1v) is 5.56. The van der Waals surface area contributed by atoms with Crippen molar-refractivity contribution in [2.75, 3.05) is 0 Å². The molecule has 6 heteroatoms. The van der Waals surface area contributed by atoms with Crippen molar-refractivity contribution in [1.29, 1.82) is 5.26 Å². The molecule has 0 saturated carbocycles. The summed E-state index contributed by atoms with van der Waals surface area (Å²) in [6, 6.07) is 0.902. The Morgan fingerprint density at radius 1 is 1.56 bits per heavy atom. The maximum atomic E-state index is 11.5. The van der Waals surface area contributed by atoms with Gasteiger partial charge in [0.05, 0.1) is 24.6 Å². The van der Waals surface area contributed by atoms with E-state index in [-0.39, 0.29) is 6.42 Å². The molecule has 18 heavy (non-hydrogen) atoms. The highest BCUT2D eigenvalue weighted by Crippen LogP contribution is 2.09. The summed E-state index contributed by atoms with van der Waals surface area (Å²) in [5, 5.41) is 30.1. The number of hydrogen-bond acceptors (Lipinski definition) is 5. The molecule has 0 aliphatic heterocycles. The van der Waals surface area contributed by atoms with E-state index in [0.29, 0.717) is 0 Å². The van der Waals surface area contributed by atoms with E-state index in [9.17, 15) is 15.0 Å². The minimum atomic E-state index is -1.31. The van der Waals surface area contributed by atoms with Crippen LogP contribution in [0.2, 0.25) is 0 Å². The van der Waals surface area contributed by atoms with Gasteiger partial charge in [0, 0.05) is 0 Å². The summed E-state index contributed by atoms with van der Waals surface area (Å²) < 4.78 is 5.00. The molecule has 0 bridgehead atoms. The summed E-state index contributed by atoms with van der Waals surface area (Å²) in [7, 11) is 0. The lowest BCUT2D eigenvalue weighted by Gasteiger charge is -2.26. The first-order valence-electron chi connectivity index (χ1n) is 5.56. The van der Waals surface area contributed by atoms with Crippen LogP contribution in [0.4, 0.5) is 4.79 Å². The van der Waals surface area contributed by atoms with E-state index in [4.69, 9.17) is 10.00 Å². The van der Waals surface area contributed by atoms with Crippen LogP contribution in [0.1, 0.15) is 27.2 Å². The molecule has 0 fully saturated rings. The zero-order valence-electron chi connectivity index (χ0n) is 10.9. The number of alkyl carbamates (subject to hydrolysis) is 1. The summed E-state index contributed by atoms with van der Waals surface area (Å²) in [4.78, 5) is 11.5. The van der Waals surface area contributed by atoms with Crippen LogP contribution in [0.15, 0.2) is 12.7 Å². The highest BCUT2D eigenvalue weighted by Gasteiger charge is 2.27. The lowest BCUT2D eigenvalue weighted by atomic mass is 10.0. The number of nitrogens with one attached hydrogen (secondary N) is 1. The first kappa shape index (κ1) is 16.4. The third kappa shape index (κ3) is 6.23. The second-order valence-electron chi connectivity index (χ2n) is 4.83. The van der Waals surface area contributed by atoms with Gasteiger partial charge in [0.2, 0.25) is 0 Å². The Hall–Kier alpha value is -1.58. The molecule has 3 atom stereocenters. The molecule has 102 valence electrons. The molecule has 0 aromatic heterocycles. The number of carbonyl (C=O) groups is 1. The van der Waals surface area contributed by atoms with Gasteiger partial charge in [-0.1, -0.05) is 6.08 Å². The normalized spacial score (nSPS) is 16.0. The summed E-state index contributed by atoms with van der Waals surface area (Å²) in [6.45, 7) is 8.41. The van der Waals surface area contributed by atoms with Crippen molar-refractivity contribution < 1.29 is 19.7 Å². The second-order valence-corrected chi connectivity index (χ2v) is 4.83. The fourth-order valence-electron chi connectivity index (χ4n) is 1.19. The molecule has 0 aromatic rings. The summed E-state index contributed by atoms with van der Waals surface area (Å²) >= 11 is 0. The molecule has 3 N–H and O–H groups in total. The van der Waals surface area contributed by atoms with Crippen molar-refractivity contribution in [2.24, 2.45) is 0 Å². The van der Waals surface area contributed by atoms with E-state index < -0.39 is 29.9 Å². The van der Waals surface area contributed by atoms with Gasteiger partial charge in [-0.15, -0.1) is 6.58 Å². The molecule has 0 heterocycles. The van der Waals surface area contributed by atoms with Crippen molar-refractivity contribution in [3.8, 4) is 6.07 Å². The molecule has 0 rings (SSSR count). The van der Waals surface area contributed by atoms with Gasteiger partial charge in [-0.05, 0) is 20.8 Å². The lowest BCUT2D eigenvalue weighted by molar-refractivity contribution is 0.0122. The largest absolute Gasteiger partial charge is 0.444 e. The maximum absolute atomic E-state index is 11.5. The smallest absolute Gasteiger partial charge is 0.407 e. The van der Waals surface area contributed by atoms with Gasteiger partial charge in [-0.25, -0.2) is 4.79 Å².